The predicted molar refractivity (Wildman–Crippen MR) is 111 cm³/mol. The number of urea groups is 1. The molecule has 1 aromatic carbocycles. The highest BCUT2D eigenvalue weighted by Gasteiger charge is 2.31. The Morgan fingerprint density at radius 1 is 1.00 bits per heavy atom. The minimum atomic E-state index is -3.60. The number of hydrogen-bond donors (Lipinski definition) is 2. The fourth-order valence-corrected chi connectivity index (χ4v) is 5.91. The van der Waals surface area contributed by atoms with Crippen molar-refractivity contribution in [2.45, 2.75) is 10.8 Å². The van der Waals surface area contributed by atoms with Crippen molar-refractivity contribution in [2.24, 2.45) is 0 Å². The lowest BCUT2D eigenvalue weighted by atomic mass is 10.2. The summed E-state index contributed by atoms with van der Waals surface area (Å²) in [7, 11) is -3.60. The van der Waals surface area contributed by atoms with Crippen LogP contribution in [0.15, 0.2) is 46.7 Å². The fourth-order valence-electron chi connectivity index (χ4n) is 2.85. The summed E-state index contributed by atoms with van der Waals surface area (Å²) in [6.07, 6.45) is 0. The Morgan fingerprint density at radius 2 is 1.69 bits per heavy atom. The number of carbonyl (C=O) groups excluding carboxylic acids is 2. The highest BCUT2D eigenvalue weighted by Crippen LogP contribution is 2.28. The Balaban J connectivity index is 1.42. The summed E-state index contributed by atoms with van der Waals surface area (Å²) in [5, 5.41) is 5.22. The van der Waals surface area contributed by atoms with Crippen LogP contribution in [0.4, 0.5) is 4.79 Å². The van der Waals surface area contributed by atoms with E-state index in [1.165, 1.54) is 10.4 Å². The zero-order valence-electron chi connectivity index (χ0n) is 15.5. The summed E-state index contributed by atoms with van der Waals surface area (Å²) in [5.74, 6) is -0.254. The van der Waals surface area contributed by atoms with Crippen molar-refractivity contribution in [1.82, 2.24) is 19.8 Å². The summed E-state index contributed by atoms with van der Waals surface area (Å²) in [5.41, 5.74) is 0.957. The van der Waals surface area contributed by atoms with Crippen LogP contribution in [0.3, 0.4) is 0 Å². The molecule has 0 bridgehead atoms. The van der Waals surface area contributed by atoms with Gasteiger partial charge >= 0.3 is 6.03 Å². The normalized spacial score (nSPS) is 15.1. The molecule has 0 radical (unpaired) electrons. The average molecular weight is 457 g/mol. The summed E-state index contributed by atoms with van der Waals surface area (Å²) < 4.78 is 27.1. The molecule has 2 N–H and O–H groups in total. The van der Waals surface area contributed by atoms with Crippen LogP contribution in [0.25, 0.3) is 0 Å². The molecule has 8 nitrogen and oxygen atoms in total. The van der Waals surface area contributed by atoms with Crippen molar-refractivity contribution in [3.8, 4) is 0 Å². The number of rotatable bonds is 6. The second kappa shape index (κ2) is 9.57. The van der Waals surface area contributed by atoms with Gasteiger partial charge in [0, 0.05) is 32.7 Å². The van der Waals surface area contributed by atoms with Crippen molar-refractivity contribution >= 4 is 44.9 Å². The predicted octanol–water partition coefficient (Wildman–Crippen LogP) is 1.73. The third-order valence-corrected chi connectivity index (χ3v) is 8.03. The molecule has 3 amide bonds. The molecule has 1 aliphatic heterocycles. The number of halogens is 1. The van der Waals surface area contributed by atoms with Gasteiger partial charge in [0.15, 0.2) is 0 Å². The van der Waals surface area contributed by atoms with E-state index in [4.69, 9.17) is 11.6 Å². The van der Waals surface area contributed by atoms with Crippen LogP contribution in [0.5, 0.6) is 0 Å². The molecule has 1 saturated heterocycles. The molecule has 29 heavy (non-hydrogen) atoms. The molecule has 1 aromatic heterocycles. The molecular formula is C18H21ClN4O4S2. The van der Waals surface area contributed by atoms with E-state index >= 15 is 0 Å². The number of hydrogen-bond acceptors (Lipinski definition) is 5. The van der Waals surface area contributed by atoms with Crippen molar-refractivity contribution in [1.29, 1.82) is 0 Å². The van der Waals surface area contributed by atoms with E-state index in [-0.39, 0.29) is 42.8 Å². The Labute approximate surface area is 178 Å². The fraction of sp³-hybridized carbons (Fsp3) is 0.333. The van der Waals surface area contributed by atoms with E-state index in [9.17, 15) is 18.0 Å². The minimum Gasteiger partial charge on any atom is -0.339 e. The number of piperazine rings is 1. The Hall–Kier alpha value is -2.14. The Kier molecular flexibility index (Phi) is 7.12. The molecule has 2 aromatic rings. The van der Waals surface area contributed by atoms with E-state index in [1.807, 2.05) is 30.3 Å². The maximum absolute atomic E-state index is 12.6. The summed E-state index contributed by atoms with van der Waals surface area (Å²) in [4.78, 5) is 25.7. The SMILES string of the molecule is O=C(NCC(=O)N1CCN(S(=O)(=O)c2ccc(Cl)s2)CC1)NCc1ccccc1. The lowest BCUT2D eigenvalue weighted by Gasteiger charge is -2.33. The standard InChI is InChI=1S/C18H21ClN4O4S2/c19-15-6-7-17(28-15)29(26,27)23-10-8-22(9-11-23)16(24)13-21-18(25)20-12-14-4-2-1-3-5-14/h1-7H,8-13H2,(H2,20,21,25). The first kappa shape index (κ1) is 21.6. The second-order valence-electron chi connectivity index (χ2n) is 6.37. The molecule has 0 aliphatic carbocycles. The van der Waals surface area contributed by atoms with Gasteiger partial charge in [-0.3, -0.25) is 4.79 Å². The monoisotopic (exact) mass is 456 g/mol. The molecular weight excluding hydrogens is 436 g/mol. The minimum absolute atomic E-state index is 0.145. The van der Waals surface area contributed by atoms with Gasteiger partial charge in [0.1, 0.15) is 4.21 Å². The topological polar surface area (TPSA) is 98.8 Å². The molecule has 0 unspecified atom stereocenters. The highest BCUT2D eigenvalue weighted by atomic mass is 35.5. The zero-order valence-corrected chi connectivity index (χ0v) is 17.9. The van der Waals surface area contributed by atoms with Gasteiger partial charge in [0.2, 0.25) is 5.91 Å². The second-order valence-corrected chi connectivity index (χ2v) is 10.2. The van der Waals surface area contributed by atoms with E-state index in [0.717, 1.165) is 16.9 Å². The van der Waals surface area contributed by atoms with Crippen LogP contribution in [0, 0.1) is 0 Å². The number of thiophene rings is 1. The van der Waals surface area contributed by atoms with Gasteiger partial charge in [-0.15, -0.1) is 11.3 Å². The van der Waals surface area contributed by atoms with Crippen molar-refractivity contribution in [3.05, 3.63) is 52.4 Å². The molecule has 156 valence electrons. The van der Waals surface area contributed by atoms with Gasteiger partial charge in [-0.05, 0) is 17.7 Å². The van der Waals surface area contributed by atoms with E-state index < -0.39 is 16.1 Å². The van der Waals surface area contributed by atoms with Gasteiger partial charge in [0.05, 0.1) is 10.9 Å². The smallest absolute Gasteiger partial charge is 0.315 e. The van der Waals surface area contributed by atoms with Crippen LogP contribution in [0.2, 0.25) is 4.34 Å². The third-order valence-electron chi connectivity index (χ3n) is 4.43. The number of carbonyl (C=O) groups is 2. The lowest BCUT2D eigenvalue weighted by Crippen LogP contribution is -2.52. The third kappa shape index (κ3) is 5.69. The summed E-state index contributed by atoms with van der Waals surface area (Å²) in [6, 6.07) is 12.0. The van der Waals surface area contributed by atoms with Gasteiger partial charge in [-0.2, -0.15) is 4.31 Å². The number of sulfonamides is 1. The van der Waals surface area contributed by atoms with Gasteiger partial charge in [0.25, 0.3) is 10.0 Å². The molecule has 1 aliphatic rings. The first-order chi connectivity index (χ1) is 13.9. The molecule has 0 saturated carbocycles. The number of nitrogens with zero attached hydrogens (tertiary/aromatic N) is 2. The van der Waals surface area contributed by atoms with Crippen LogP contribution in [-0.2, 0) is 21.4 Å². The number of amides is 3. The van der Waals surface area contributed by atoms with Gasteiger partial charge < -0.3 is 15.5 Å². The molecule has 11 heteroatoms. The van der Waals surface area contributed by atoms with Gasteiger partial charge in [-0.25, -0.2) is 13.2 Å². The number of nitrogens with one attached hydrogen (secondary N) is 2. The van der Waals surface area contributed by atoms with E-state index in [0.29, 0.717) is 10.9 Å². The zero-order chi connectivity index (χ0) is 20.9. The molecule has 1 fully saturated rings. The molecule has 3 rings (SSSR count). The Bertz CT molecular complexity index is 957. The van der Waals surface area contributed by atoms with Crippen LogP contribution >= 0.6 is 22.9 Å². The highest BCUT2D eigenvalue weighted by molar-refractivity contribution is 7.91. The molecule has 0 atom stereocenters. The van der Waals surface area contributed by atoms with Crippen LogP contribution in [0.1, 0.15) is 5.56 Å². The van der Waals surface area contributed by atoms with Crippen LogP contribution in [-0.4, -0.2) is 62.3 Å². The lowest BCUT2D eigenvalue weighted by molar-refractivity contribution is -0.131. The van der Waals surface area contributed by atoms with Gasteiger partial charge in [-0.1, -0.05) is 41.9 Å². The quantitative estimate of drug-likeness (QED) is 0.691. The number of benzene rings is 1. The first-order valence-electron chi connectivity index (χ1n) is 8.95. The van der Waals surface area contributed by atoms with E-state index in [1.54, 1.807) is 11.0 Å². The maximum Gasteiger partial charge on any atom is 0.315 e. The molecule has 2 heterocycles. The van der Waals surface area contributed by atoms with Crippen molar-refractivity contribution in [3.63, 3.8) is 0 Å². The molecule has 0 spiro atoms. The van der Waals surface area contributed by atoms with Crippen molar-refractivity contribution in [2.75, 3.05) is 32.7 Å². The van der Waals surface area contributed by atoms with Crippen molar-refractivity contribution < 1.29 is 18.0 Å². The first-order valence-corrected chi connectivity index (χ1v) is 11.6. The Morgan fingerprint density at radius 3 is 2.31 bits per heavy atom. The average Bonchev–Trinajstić information content (AvgIpc) is 3.18. The summed E-state index contributed by atoms with van der Waals surface area (Å²) >= 11 is 6.84. The van der Waals surface area contributed by atoms with E-state index in [2.05, 4.69) is 10.6 Å². The summed E-state index contributed by atoms with van der Waals surface area (Å²) in [6.45, 7) is 1.15. The maximum atomic E-state index is 12.6. The van der Waals surface area contributed by atoms with Crippen LogP contribution < -0.4 is 10.6 Å². The largest absolute Gasteiger partial charge is 0.339 e.